The average Bonchev–Trinajstić information content (AvgIpc) is 3.33. The number of nitrogens with zero attached hydrogens (tertiary/aromatic N) is 3. The van der Waals surface area contributed by atoms with Crippen LogP contribution in [0.5, 0.6) is 0 Å². The van der Waals surface area contributed by atoms with Crippen molar-refractivity contribution in [3.05, 3.63) is 86.1 Å². The van der Waals surface area contributed by atoms with Crippen LogP contribution in [0.1, 0.15) is 30.5 Å². The van der Waals surface area contributed by atoms with Crippen molar-refractivity contribution in [2.24, 2.45) is 5.92 Å². The molecule has 1 amide bonds. The molecule has 2 aromatic carbocycles. The van der Waals surface area contributed by atoms with Crippen molar-refractivity contribution in [2.75, 3.05) is 5.75 Å². The minimum absolute atomic E-state index is 0.123. The number of rotatable bonds is 8. The van der Waals surface area contributed by atoms with E-state index in [0.717, 1.165) is 10.6 Å². The van der Waals surface area contributed by atoms with Crippen LogP contribution in [-0.2, 0) is 11.3 Å². The van der Waals surface area contributed by atoms with Crippen molar-refractivity contribution in [1.82, 2.24) is 19.9 Å². The summed E-state index contributed by atoms with van der Waals surface area (Å²) in [5.41, 5.74) is 1.38. The number of aromatic nitrogens is 3. The van der Waals surface area contributed by atoms with Gasteiger partial charge in [-0.05, 0) is 29.7 Å². The monoisotopic (exact) mass is 498 g/mol. The first-order valence-electron chi connectivity index (χ1n) is 10.5. The van der Waals surface area contributed by atoms with Crippen LogP contribution in [0.4, 0.5) is 0 Å². The van der Waals surface area contributed by atoms with E-state index in [0.29, 0.717) is 27.6 Å². The molecular weight excluding hydrogens is 476 g/mol. The summed E-state index contributed by atoms with van der Waals surface area (Å²) < 4.78 is 1.64. The van der Waals surface area contributed by atoms with Crippen LogP contribution in [0.2, 0.25) is 5.02 Å². The molecule has 1 unspecified atom stereocenters. The van der Waals surface area contributed by atoms with Crippen LogP contribution in [-0.4, -0.2) is 26.2 Å². The third-order valence-electron chi connectivity index (χ3n) is 4.90. The van der Waals surface area contributed by atoms with Crippen molar-refractivity contribution < 1.29 is 4.79 Å². The average molecular weight is 499 g/mol. The zero-order chi connectivity index (χ0) is 23.4. The van der Waals surface area contributed by atoms with Gasteiger partial charge in [0.2, 0.25) is 5.91 Å². The highest BCUT2D eigenvalue weighted by molar-refractivity contribution is 7.99. The van der Waals surface area contributed by atoms with Crippen molar-refractivity contribution in [3.63, 3.8) is 0 Å². The summed E-state index contributed by atoms with van der Waals surface area (Å²) in [6.07, 6.45) is 1.73. The maximum absolute atomic E-state index is 13.1. The molecule has 0 saturated carbocycles. The van der Waals surface area contributed by atoms with Gasteiger partial charge >= 0.3 is 0 Å². The van der Waals surface area contributed by atoms with Crippen molar-refractivity contribution in [1.29, 1.82) is 0 Å². The Morgan fingerprint density at radius 3 is 2.70 bits per heavy atom. The van der Waals surface area contributed by atoms with Gasteiger partial charge in [-0.1, -0.05) is 67.5 Å². The van der Waals surface area contributed by atoms with E-state index in [4.69, 9.17) is 11.6 Å². The Bertz CT molecular complexity index is 1310. The first kappa shape index (κ1) is 23.5. The number of halogens is 1. The molecule has 0 spiro atoms. The van der Waals surface area contributed by atoms with E-state index < -0.39 is 0 Å². The molecule has 33 heavy (non-hydrogen) atoms. The molecule has 1 N–H and O–H groups in total. The molecular formula is C24H23ClN4O2S2. The fourth-order valence-electron chi connectivity index (χ4n) is 3.45. The molecule has 1 atom stereocenters. The molecule has 9 heteroatoms. The molecule has 0 aliphatic carbocycles. The third-order valence-corrected chi connectivity index (χ3v) is 6.95. The second-order valence-electron chi connectivity index (χ2n) is 7.94. The lowest BCUT2D eigenvalue weighted by molar-refractivity contribution is -0.119. The standard InChI is InChI=1S/C24H23ClN4O2S2/c1-15(2)13-29-23(31)18-12-17(25)8-9-19(18)27-24(29)33-14-20(30)28-21(22-26-10-11-32-22)16-6-4-3-5-7-16/h3-12,15,21H,13-14H2,1-2H3,(H,28,30). The maximum Gasteiger partial charge on any atom is 0.262 e. The fourth-order valence-corrected chi connectivity index (χ4v) is 5.16. The van der Waals surface area contributed by atoms with E-state index in [1.165, 1.54) is 23.1 Å². The highest BCUT2D eigenvalue weighted by Crippen LogP contribution is 2.25. The highest BCUT2D eigenvalue weighted by atomic mass is 35.5. The Morgan fingerprint density at radius 1 is 1.21 bits per heavy atom. The van der Waals surface area contributed by atoms with Crippen LogP contribution >= 0.6 is 34.7 Å². The van der Waals surface area contributed by atoms with Gasteiger partial charge in [-0.3, -0.25) is 14.2 Å². The number of benzene rings is 2. The lowest BCUT2D eigenvalue weighted by Gasteiger charge is -2.18. The first-order valence-corrected chi connectivity index (χ1v) is 12.7. The third kappa shape index (κ3) is 5.63. The van der Waals surface area contributed by atoms with Crippen LogP contribution in [0.3, 0.4) is 0 Å². The lowest BCUT2D eigenvalue weighted by atomic mass is 10.1. The Morgan fingerprint density at radius 2 is 2.00 bits per heavy atom. The Kier molecular flexibility index (Phi) is 7.47. The van der Waals surface area contributed by atoms with Crippen molar-refractivity contribution >= 4 is 51.5 Å². The summed E-state index contributed by atoms with van der Waals surface area (Å²) in [4.78, 5) is 35.1. The van der Waals surface area contributed by atoms with E-state index in [9.17, 15) is 9.59 Å². The Labute approximate surface area is 205 Å². The molecule has 0 aliphatic rings. The van der Waals surface area contributed by atoms with Gasteiger partial charge < -0.3 is 5.32 Å². The minimum atomic E-state index is -0.330. The predicted octanol–water partition coefficient (Wildman–Crippen LogP) is 5.16. The van der Waals surface area contributed by atoms with E-state index in [1.807, 2.05) is 49.6 Å². The number of carbonyl (C=O) groups excluding carboxylic acids is 1. The van der Waals surface area contributed by atoms with Crippen molar-refractivity contribution in [2.45, 2.75) is 31.6 Å². The Hall–Kier alpha value is -2.68. The lowest BCUT2D eigenvalue weighted by Crippen LogP contribution is -2.31. The number of nitrogens with one attached hydrogen (secondary N) is 1. The van der Waals surface area contributed by atoms with Crippen molar-refractivity contribution in [3.8, 4) is 0 Å². The second-order valence-corrected chi connectivity index (χ2v) is 10.2. The van der Waals surface area contributed by atoms with Crippen LogP contribution in [0, 0.1) is 5.92 Å². The van der Waals surface area contributed by atoms with Gasteiger partial charge in [-0.2, -0.15) is 0 Å². The number of hydrogen-bond donors (Lipinski definition) is 1. The van der Waals surface area contributed by atoms with E-state index in [2.05, 4.69) is 15.3 Å². The fraction of sp³-hybridized carbons (Fsp3) is 0.250. The maximum atomic E-state index is 13.1. The van der Waals surface area contributed by atoms with Gasteiger partial charge in [-0.25, -0.2) is 9.97 Å². The van der Waals surface area contributed by atoms with E-state index in [-0.39, 0.29) is 29.2 Å². The van der Waals surface area contributed by atoms with Crippen LogP contribution in [0.15, 0.2) is 70.1 Å². The van der Waals surface area contributed by atoms with Crippen LogP contribution in [0.25, 0.3) is 10.9 Å². The number of hydrogen-bond acceptors (Lipinski definition) is 6. The van der Waals surface area contributed by atoms with Gasteiger partial charge in [0.05, 0.1) is 16.7 Å². The number of thioether (sulfide) groups is 1. The summed E-state index contributed by atoms with van der Waals surface area (Å²) in [6.45, 7) is 4.58. The van der Waals surface area contributed by atoms with Gasteiger partial charge in [0.1, 0.15) is 11.0 Å². The van der Waals surface area contributed by atoms with E-state index >= 15 is 0 Å². The number of amides is 1. The number of thiazole rings is 1. The number of carbonyl (C=O) groups is 1. The van der Waals surface area contributed by atoms with Crippen LogP contribution < -0.4 is 10.9 Å². The molecule has 0 radical (unpaired) electrons. The highest BCUT2D eigenvalue weighted by Gasteiger charge is 2.20. The van der Waals surface area contributed by atoms with Gasteiger partial charge in [0.25, 0.3) is 5.56 Å². The molecule has 6 nitrogen and oxygen atoms in total. The molecule has 2 heterocycles. The quantitative estimate of drug-likeness (QED) is 0.268. The Balaban J connectivity index is 1.57. The largest absolute Gasteiger partial charge is 0.342 e. The molecule has 4 aromatic rings. The summed E-state index contributed by atoms with van der Waals surface area (Å²) >= 11 is 8.84. The van der Waals surface area contributed by atoms with Gasteiger partial charge in [-0.15, -0.1) is 11.3 Å². The zero-order valence-corrected chi connectivity index (χ0v) is 20.6. The molecule has 0 aliphatic heterocycles. The van der Waals surface area contributed by atoms with Gasteiger partial charge in [0.15, 0.2) is 5.16 Å². The smallest absolute Gasteiger partial charge is 0.262 e. The van der Waals surface area contributed by atoms with Gasteiger partial charge in [0, 0.05) is 23.1 Å². The molecule has 2 aromatic heterocycles. The molecule has 0 fully saturated rings. The topological polar surface area (TPSA) is 76.9 Å². The summed E-state index contributed by atoms with van der Waals surface area (Å²) in [6, 6.07) is 14.5. The minimum Gasteiger partial charge on any atom is -0.342 e. The predicted molar refractivity (Wildman–Crippen MR) is 135 cm³/mol. The summed E-state index contributed by atoms with van der Waals surface area (Å²) in [5.74, 6) is 0.200. The zero-order valence-electron chi connectivity index (χ0n) is 18.2. The molecule has 0 bridgehead atoms. The molecule has 4 rings (SSSR count). The second kappa shape index (κ2) is 10.5. The summed E-state index contributed by atoms with van der Waals surface area (Å²) in [7, 11) is 0. The molecule has 0 saturated heterocycles. The summed E-state index contributed by atoms with van der Waals surface area (Å²) in [5, 5.41) is 7.28. The number of fused-ring (bicyclic) bond motifs is 1. The SMILES string of the molecule is CC(C)Cn1c(SCC(=O)NC(c2ccccc2)c2nccs2)nc2ccc(Cl)cc2c1=O. The van der Waals surface area contributed by atoms with E-state index in [1.54, 1.807) is 29.0 Å². The normalized spacial score (nSPS) is 12.2. The molecule has 170 valence electrons. The first-order chi connectivity index (χ1) is 15.9.